The van der Waals surface area contributed by atoms with Crippen molar-refractivity contribution in [1.29, 1.82) is 0 Å². The summed E-state index contributed by atoms with van der Waals surface area (Å²) in [5.74, 6) is 2.13. The van der Waals surface area contributed by atoms with Crippen LogP contribution in [0.1, 0.15) is 41.3 Å². The maximum Gasteiger partial charge on any atom is 0.253 e. The zero-order valence-corrected chi connectivity index (χ0v) is 19.4. The van der Waals surface area contributed by atoms with E-state index in [2.05, 4.69) is 13.8 Å². The zero-order valence-electron chi connectivity index (χ0n) is 19.4. The summed E-state index contributed by atoms with van der Waals surface area (Å²) in [5, 5.41) is 0. The number of hydrogen-bond acceptors (Lipinski definition) is 5. The number of methoxy groups -OCH3 is 1. The normalized spacial score (nSPS) is 15.8. The standard InChI is InChI=1S/C26H30N2O5/c1-18(2)20-5-7-21(8-6-20)26(30)28-12-10-27(11-13-28)24(29)9-4-19-16-22(31-3)25-23(17-19)32-14-15-33-25/h4-9,16-18H,10-15H2,1-3H3/b9-4+. The molecule has 2 amide bonds. The Hall–Kier alpha value is -3.48. The van der Waals surface area contributed by atoms with Gasteiger partial charge < -0.3 is 24.0 Å². The summed E-state index contributed by atoms with van der Waals surface area (Å²) < 4.78 is 16.7. The number of hydrogen-bond donors (Lipinski definition) is 0. The van der Waals surface area contributed by atoms with Gasteiger partial charge in [-0.25, -0.2) is 0 Å². The molecule has 0 spiro atoms. The fraction of sp³-hybridized carbons (Fsp3) is 0.385. The Bertz CT molecular complexity index is 1020. The van der Waals surface area contributed by atoms with Crippen LogP contribution >= 0.6 is 0 Å². The van der Waals surface area contributed by atoms with Crippen molar-refractivity contribution in [2.45, 2.75) is 19.8 Å². The van der Waals surface area contributed by atoms with Gasteiger partial charge in [0.1, 0.15) is 13.2 Å². The van der Waals surface area contributed by atoms with E-state index in [0.29, 0.717) is 68.1 Å². The minimum absolute atomic E-state index is 0.0105. The summed E-state index contributed by atoms with van der Waals surface area (Å²) in [6.45, 7) is 7.26. The van der Waals surface area contributed by atoms with E-state index in [1.807, 2.05) is 41.3 Å². The van der Waals surface area contributed by atoms with Crippen molar-refractivity contribution in [1.82, 2.24) is 9.80 Å². The molecule has 2 heterocycles. The van der Waals surface area contributed by atoms with Crippen molar-refractivity contribution in [3.63, 3.8) is 0 Å². The number of ether oxygens (including phenoxy) is 3. The van der Waals surface area contributed by atoms with Crippen LogP contribution in [-0.4, -0.2) is 68.1 Å². The van der Waals surface area contributed by atoms with Crippen LogP contribution in [0.5, 0.6) is 17.2 Å². The number of nitrogens with zero attached hydrogens (tertiary/aromatic N) is 2. The minimum atomic E-state index is -0.0859. The molecule has 4 rings (SSSR count). The van der Waals surface area contributed by atoms with Crippen LogP contribution in [-0.2, 0) is 4.79 Å². The maximum absolute atomic E-state index is 12.8. The molecule has 0 N–H and O–H groups in total. The lowest BCUT2D eigenvalue weighted by atomic mass is 10.0. The van der Waals surface area contributed by atoms with E-state index < -0.39 is 0 Å². The van der Waals surface area contributed by atoms with Crippen molar-refractivity contribution in [3.8, 4) is 17.2 Å². The molecule has 7 heteroatoms. The van der Waals surface area contributed by atoms with E-state index in [1.165, 1.54) is 5.56 Å². The predicted octanol–water partition coefficient (Wildman–Crippen LogP) is 3.59. The molecular weight excluding hydrogens is 420 g/mol. The number of carbonyl (C=O) groups excluding carboxylic acids is 2. The van der Waals surface area contributed by atoms with E-state index in [1.54, 1.807) is 24.2 Å². The molecule has 7 nitrogen and oxygen atoms in total. The lowest BCUT2D eigenvalue weighted by molar-refractivity contribution is -0.127. The van der Waals surface area contributed by atoms with Crippen molar-refractivity contribution in [2.24, 2.45) is 0 Å². The van der Waals surface area contributed by atoms with Gasteiger partial charge in [0.05, 0.1) is 7.11 Å². The Morgan fingerprint density at radius 2 is 1.64 bits per heavy atom. The van der Waals surface area contributed by atoms with Crippen LogP contribution in [0, 0.1) is 0 Å². The summed E-state index contributed by atoms with van der Waals surface area (Å²) in [6.07, 6.45) is 3.30. The van der Waals surface area contributed by atoms with Gasteiger partial charge in [-0.05, 0) is 47.4 Å². The first kappa shape index (κ1) is 22.7. The first-order valence-electron chi connectivity index (χ1n) is 11.3. The van der Waals surface area contributed by atoms with Gasteiger partial charge in [-0.3, -0.25) is 9.59 Å². The SMILES string of the molecule is COc1cc(/C=C/C(=O)N2CCN(C(=O)c3ccc(C(C)C)cc3)CC2)cc2c1OCCO2. The van der Waals surface area contributed by atoms with Crippen molar-refractivity contribution in [3.05, 3.63) is 59.2 Å². The van der Waals surface area contributed by atoms with Crippen LogP contribution < -0.4 is 14.2 Å². The monoisotopic (exact) mass is 450 g/mol. The maximum atomic E-state index is 12.8. The van der Waals surface area contributed by atoms with Crippen molar-refractivity contribution in [2.75, 3.05) is 46.5 Å². The second-order valence-corrected chi connectivity index (χ2v) is 8.47. The molecule has 1 fully saturated rings. The summed E-state index contributed by atoms with van der Waals surface area (Å²) in [5.41, 5.74) is 2.69. The number of amides is 2. The highest BCUT2D eigenvalue weighted by molar-refractivity contribution is 5.95. The summed E-state index contributed by atoms with van der Waals surface area (Å²) in [7, 11) is 1.58. The van der Waals surface area contributed by atoms with E-state index in [9.17, 15) is 9.59 Å². The first-order chi connectivity index (χ1) is 16.0. The Morgan fingerprint density at radius 3 is 2.30 bits per heavy atom. The largest absolute Gasteiger partial charge is 0.493 e. The molecule has 174 valence electrons. The molecule has 0 bridgehead atoms. The molecule has 0 atom stereocenters. The molecule has 2 aromatic rings. The van der Waals surface area contributed by atoms with Gasteiger partial charge in [0.15, 0.2) is 11.5 Å². The molecule has 0 radical (unpaired) electrons. The molecule has 0 unspecified atom stereocenters. The second kappa shape index (κ2) is 9.98. The van der Waals surface area contributed by atoms with E-state index in [0.717, 1.165) is 5.56 Å². The number of fused-ring (bicyclic) bond motifs is 1. The van der Waals surface area contributed by atoms with Gasteiger partial charge in [0, 0.05) is 37.8 Å². The third-order valence-electron chi connectivity index (χ3n) is 5.97. The number of benzene rings is 2. The molecule has 0 aromatic heterocycles. The smallest absolute Gasteiger partial charge is 0.253 e. The second-order valence-electron chi connectivity index (χ2n) is 8.47. The topological polar surface area (TPSA) is 68.3 Å². The lowest BCUT2D eigenvalue weighted by Gasteiger charge is -2.34. The Labute approximate surface area is 194 Å². The van der Waals surface area contributed by atoms with Gasteiger partial charge in [-0.2, -0.15) is 0 Å². The summed E-state index contributed by atoms with van der Waals surface area (Å²) in [4.78, 5) is 29.1. The molecule has 33 heavy (non-hydrogen) atoms. The average molecular weight is 451 g/mol. The Morgan fingerprint density at radius 1 is 0.970 bits per heavy atom. The van der Waals surface area contributed by atoms with E-state index in [-0.39, 0.29) is 11.8 Å². The molecule has 0 saturated carbocycles. The molecular formula is C26H30N2O5. The summed E-state index contributed by atoms with van der Waals surface area (Å²) >= 11 is 0. The van der Waals surface area contributed by atoms with E-state index in [4.69, 9.17) is 14.2 Å². The third-order valence-corrected chi connectivity index (χ3v) is 5.97. The fourth-order valence-corrected chi connectivity index (χ4v) is 3.99. The van der Waals surface area contributed by atoms with Crippen LogP contribution in [0.2, 0.25) is 0 Å². The van der Waals surface area contributed by atoms with Crippen LogP contribution in [0.4, 0.5) is 0 Å². The van der Waals surface area contributed by atoms with Gasteiger partial charge in [-0.1, -0.05) is 26.0 Å². The minimum Gasteiger partial charge on any atom is -0.493 e. The van der Waals surface area contributed by atoms with Gasteiger partial charge in [0.2, 0.25) is 11.7 Å². The van der Waals surface area contributed by atoms with Crippen LogP contribution in [0.15, 0.2) is 42.5 Å². The summed E-state index contributed by atoms with van der Waals surface area (Å²) in [6, 6.07) is 11.4. The first-order valence-corrected chi connectivity index (χ1v) is 11.3. The van der Waals surface area contributed by atoms with E-state index >= 15 is 0 Å². The Kier molecular flexibility index (Phi) is 6.87. The fourth-order valence-electron chi connectivity index (χ4n) is 3.99. The highest BCUT2D eigenvalue weighted by Crippen LogP contribution is 2.40. The van der Waals surface area contributed by atoms with Gasteiger partial charge in [-0.15, -0.1) is 0 Å². The number of rotatable bonds is 5. The molecule has 2 aliphatic rings. The van der Waals surface area contributed by atoms with Gasteiger partial charge >= 0.3 is 0 Å². The third kappa shape index (κ3) is 5.13. The highest BCUT2D eigenvalue weighted by Gasteiger charge is 2.24. The van der Waals surface area contributed by atoms with Crippen LogP contribution in [0.25, 0.3) is 6.08 Å². The molecule has 0 aliphatic carbocycles. The average Bonchev–Trinajstić information content (AvgIpc) is 2.86. The number of carbonyl (C=O) groups is 2. The predicted molar refractivity (Wildman–Crippen MR) is 126 cm³/mol. The van der Waals surface area contributed by atoms with Crippen LogP contribution in [0.3, 0.4) is 0 Å². The lowest BCUT2D eigenvalue weighted by Crippen LogP contribution is -2.50. The highest BCUT2D eigenvalue weighted by atomic mass is 16.6. The van der Waals surface area contributed by atoms with Crippen molar-refractivity contribution >= 4 is 17.9 Å². The van der Waals surface area contributed by atoms with Gasteiger partial charge in [0.25, 0.3) is 5.91 Å². The zero-order chi connectivity index (χ0) is 23.4. The number of piperazine rings is 1. The molecule has 1 saturated heterocycles. The quantitative estimate of drug-likeness (QED) is 0.652. The Balaban J connectivity index is 1.35. The molecule has 2 aliphatic heterocycles. The van der Waals surface area contributed by atoms with Crippen molar-refractivity contribution < 1.29 is 23.8 Å². The molecule has 2 aromatic carbocycles.